The zero-order chi connectivity index (χ0) is 15.0. The Kier molecular flexibility index (Phi) is 3.42. The maximum Gasteiger partial charge on any atom is 0.0652 e. The van der Waals surface area contributed by atoms with Crippen molar-refractivity contribution in [2.24, 2.45) is 0 Å². The highest BCUT2D eigenvalue weighted by atomic mass is 15.0. The van der Waals surface area contributed by atoms with Crippen molar-refractivity contribution in [3.63, 3.8) is 0 Å². The number of anilines is 1. The number of hydrogen-bond donors (Lipinski definition) is 1. The van der Waals surface area contributed by atoms with Gasteiger partial charge in [-0.3, -0.25) is 4.98 Å². The Morgan fingerprint density at radius 1 is 1.19 bits per heavy atom. The minimum Gasteiger partial charge on any atom is -0.398 e. The fraction of sp³-hybridized carbons (Fsp3) is 0.278. The number of aromatic nitrogens is 2. The Morgan fingerprint density at radius 3 is 2.76 bits per heavy atom. The molecule has 21 heavy (non-hydrogen) atoms. The molecule has 3 aromatic rings. The van der Waals surface area contributed by atoms with E-state index in [-0.39, 0.29) is 0 Å². The summed E-state index contributed by atoms with van der Waals surface area (Å²) in [6, 6.07) is 8.65. The molecule has 0 unspecified atom stereocenters. The summed E-state index contributed by atoms with van der Waals surface area (Å²) >= 11 is 0. The van der Waals surface area contributed by atoms with E-state index in [0.29, 0.717) is 0 Å². The van der Waals surface area contributed by atoms with Crippen molar-refractivity contribution >= 4 is 16.6 Å². The average molecular weight is 279 g/mol. The van der Waals surface area contributed by atoms with Crippen molar-refractivity contribution < 1.29 is 0 Å². The van der Waals surface area contributed by atoms with E-state index in [1.807, 2.05) is 13.1 Å². The van der Waals surface area contributed by atoms with E-state index < -0.39 is 0 Å². The zero-order valence-corrected chi connectivity index (χ0v) is 12.9. The molecule has 0 spiro atoms. The third kappa shape index (κ3) is 2.29. The Bertz CT molecular complexity index is 800. The molecule has 3 nitrogen and oxygen atoms in total. The van der Waals surface area contributed by atoms with Crippen LogP contribution in [0, 0.1) is 13.8 Å². The molecule has 2 heterocycles. The van der Waals surface area contributed by atoms with Gasteiger partial charge >= 0.3 is 0 Å². The highest BCUT2D eigenvalue weighted by Gasteiger charge is 2.10. The molecule has 1 aromatic carbocycles. The van der Waals surface area contributed by atoms with Gasteiger partial charge in [0.2, 0.25) is 0 Å². The Morgan fingerprint density at radius 2 is 2.00 bits per heavy atom. The number of nitrogen functional groups attached to an aromatic ring is 1. The van der Waals surface area contributed by atoms with Crippen LogP contribution in [0.2, 0.25) is 0 Å². The SMILES string of the molecule is CCc1cccc2ccn(Cc3ncc(C)c(N)c3C)c12. The number of rotatable bonds is 3. The fourth-order valence-electron chi connectivity index (χ4n) is 2.87. The van der Waals surface area contributed by atoms with Crippen LogP contribution in [0.3, 0.4) is 0 Å². The molecular weight excluding hydrogens is 258 g/mol. The minimum atomic E-state index is 0.761. The standard InChI is InChI=1S/C18H21N3/c1-4-14-6-5-7-15-8-9-21(18(14)15)11-16-13(3)17(19)12(2)10-20-16/h5-10H,4,11H2,1-3H3,(H2,19,20). The van der Waals surface area contributed by atoms with E-state index in [4.69, 9.17) is 5.73 Å². The molecule has 0 saturated carbocycles. The van der Waals surface area contributed by atoms with Crippen LogP contribution in [0.5, 0.6) is 0 Å². The average Bonchev–Trinajstić information content (AvgIpc) is 2.91. The van der Waals surface area contributed by atoms with Crippen molar-refractivity contribution in [3.8, 4) is 0 Å². The lowest BCUT2D eigenvalue weighted by molar-refractivity contribution is 0.795. The van der Waals surface area contributed by atoms with Crippen molar-refractivity contribution in [1.29, 1.82) is 0 Å². The van der Waals surface area contributed by atoms with Crippen LogP contribution >= 0.6 is 0 Å². The van der Waals surface area contributed by atoms with Gasteiger partial charge in [-0.2, -0.15) is 0 Å². The van der Waals surface area contributed by atoms with Gasteiger partial charge in [0.25, 0.3) is 0 Å². The van der Waals surface area contributed by atoms with Crippen LogP contribution in [-0.2, 0) is 13.0 Å². The lowest BCUT2D eigenvalue weighted by atomic mass is 10.1. The zero-order valence-electron chi connectivity index (χ0n) is 12.9. The van der Waals surface area contributed by atoms with Crippen LogP contribution in [0.1, 0.15) is 29.3 Å². The second kappa shape index (κ2) is 5.24. The molecule has 2 N–H and O–H groups in total. The highest BCUT2D eigenvalue weighted by molar-refractivity contribution is 5.83. The summed E-state index contributed by atoms with van der Waals surface area (Å²) in [5.74, 6) is 0. The molecule has 0 radical (unpaired) electrons. The Labute approximate surface area is 125 Å². The normalized spacial score (nSPS) is 11.2. The topological polar surface area (TPSA) is 43.8 Å². The number of nitrogens with two attached hydrogens (primary N) is 1. The molecule has 3 heteroatoms. The number of hydrogen-bond acceptors (Lipinski definition) is 2. The molecule has 3 rings (SSSR count). The smallest absolute Gasteiger partial charge is 0.0652 e. The van der Waals surface area contributed by atoms with Crippen LogP contribution < -0.4 is 5.73 Å². The lowest BCUT2D eigenvalue weighted by Gasteiger charge is -2.13. The molecule has 0 aliphatic heterocycles. The molecule has 0 atom stereocenters. The summed E-state index contributed by atoms with van der Waals surface area (Å²) in [5.41, 5.74) is 12.8. The van der Waals surface area contributed by atoms with Crippen LogP contribution in [0.15, 0.2) is 36.7 Å². The second-order valence-electron chi connectivity index (χ2n) is 5.58. The van der Waals surface area contributed by atoms with E-state index in [1.165, 1.54) is 16.5 Å². The number of aryl methyl sites for hydroxylation is 2. The first-order valence-electron chi connectivity index (χ1n) is 7.39. The van der Waals surface area contributed by atoms with Crippen molar-refractivity contribution in [3.05, 3.63) is 59.0 Å². The van der Waals surface area contributed by atoms with Crippen LogP contribution in [0.25, 0.3) is 10.9 Å². The van der Waals surface area contributed by atoms with Gasteiger partial charge in [-0.1, -0.05) is 25.1 Å². The van der Waals surface area contributed by atoms with Gasteiger partial charge in [-0.05, 0) is 48.4 Å². The second-order valence-corrected chi connectivity index (χ2v) is 5.58. The maximum atomic E-state index is 6.13. The monoisotopic (exact) mass is 279 g/mol. The molecular formula is C18H21N3. The van der Waals surface area contributed by atoms with E-state index in [0.717, 1.165) is 35.5 Å². The van der Waals surface area contributed by atoms with Gasteiger partial charge < -0.3 is 10.3 Å². The molecule has 0 saturated heterocycles. The van der Waals surface area contributed by atoms with Gasteiger partial charge in [-0.25, -0.2) is 0 Å². The minimum absolute atomic E-state index is 0.761. The quantitative estimate of drug-likeness (QED) is 0.791. The first-order valence-corrected chi connectivity index (χ1v) is 7.39. The summed E-state index contributed by atoms with van der Waals surface area (Å²) in [5, 5.41) is 1.28. The van der Waals surface area contributed by atoms with E-state index >= 15 is 0 Å². The van der Waals surface area contributed by atoms with Crippen molar-refractivity contribution in [1.82, 2.24) is 9.55 Å². The Hall–Kier alpha value is -2.29. The molecule has 0 aliphatic carbocycles. The molecule has 0 fully saturated rings. The van der Waals surface area contributed by atoms with E-state index in [1.54, 1.807) is 0 Å². The van der Waals surface area contributed by atoms with Gasteiger partial charge in [0.15, 0.2) is 0 Å². The summed E-state index contributed by atoms with van der Waals surface area (Å²) in [4.78, 5) is 4.57. The van der Waals surface area contributed by atoms with Gasteiger partial charge in [0.1, 0.15) is 0 Å². The Balaban J connectivity index is 2.09. The van der Waals surface area contributed by atoms with Crippen LogP contribution in [-0.4, -0.2) is 9.55 Å². The molecule has 0 aliphatic rings. The molecule has 0 bridgehead atoms. The van der Waals surface area contributed by atoms with Crippen molar-refractivity contribution in [2.75, 3.05) is 5.73 Å². The highest BCUT2D eigenvalue weighted by Crippen LogP contribution is 2.24. The first kappa shape index (κ1) is 13.7. The molecule has 0 amide bonds. The third-order valence-corrected chi connectivity index (χ3v) is 4.25. The summed E-state index contributed by atoms with van der Waals surface area (Å²) < 4.78 is 2.28. The van der Waals surface area contributed by atoms with Crippen molar-refractivity contribution in [2.45, 2.75) is 33.7 Å². The van der Waals surface area contributed by atoms with E-state index in [9.17, 15) is 0 Å². The number of pyridine rings is 1. The molecule has 2 aromatic heterocycles. The van der Waals surface area contributed by atoms with Gasteiger partial charge in [0.05, 0.1) is 17.8 Å². The van der Waals surface area contributed by atoms with Gasteiger partial charge in [0, 0.05) is 18.1 Å². The fourth-order valence-corrected chi connectivity index (χ4v) is 2.87. The maximum absolute atomic E-state index is 6.13. The number of fused-ring (bicyclic) bond motifs is 1. The summed E-state index contributed by atoms with van der Waals surface area (Å²) in [7, 11) is 0. The summed E-state index contributed by atoms with van der Waals surface area (Å²) in [6.07, 6.45) is 5.04. The number of para-hydroxylation sites is 1. The first-order chi connectivity index (χ1) is 10.1. The predicted octanol–water partition coefficient (Wildman–Crippen LogP) is 3.85. The number of nitrogens with zero attached hydrogens (tertiary/aromatic N) is 2. The van der Waals surface area contributed by atoms with Gasteiger partial charge in [-0.15, -0.1) is 0 Å². The summed E-state index contributed by atoms with van der Waals surface area (Å²) in [6.45, 7) is 7.01. The number of benzene rings is 1. The molecule has 108 valence electrons. The third-order valence-electron chi connectivity index (χ3n) is 4.25. The predicted molar refractivity (Wildman–Crippen MR) is 88.5 cm³/mol. The van der Waals surface area contributed by atoms with Crippen LogP contribution in [0.4, 0.5) is 5.69 Å². The largest absolute Gasteiger partial charge is 0.398 e. The van der Waals surface area contributed by atoms with E-state index in [2.05, 4.69) is 53.9 Å². The lowest BCUT2D eigenvalue weighted by Crippen LogP contribution is -2.07.